The van der Waals surface area contributed by atoms with Gasteiger partial charge in [-0.1, -0.05) is 19.9 Å². The quantitative estimate of drug-likeness (QED) is 0.556. The predicted octanol–water partition coefficient (Wildman–Crippen LogP) is 3.77. The SMILES string of the molecule is CN(N)Cc1cc(N2CCOCC2)ccc1-c1sc2c(c1C(=O)O)CC(C)(C)CC2. The number of anilines is 1. The first-order valence-electron chi connectivity index (χ1n) is 10.5. The Morgan fingerprint density at radius 3 is 2.73 bits per heavy atom. The van der Waals surface area contributed by atoms with Crippen molar-refractivity contribution in [1.29, 1.82) is 0 Å². The molecule has 1 saturated heterocycles. The monoisotopic (exact) mass is 429 g/mol. The van der Waals surface area contributed by atoms with Crippen LogP contribution in [-0.2, 0) is 24.1 Å². The second kappa shape index (κ2) is 8.30. The number of morpholine rings is 1. The Hall–Kier alpha value is -1.93. The molecule has 1 fully saturated rings. The third-order valence-electron chi connectivity index (χ3n) is 6.12. The first-order chi connectivity index (χ1) is 14.2. The number of carbonyl (C=O) groups is 1. The molecule has 30 heavy (non-hydrogen) atoms. The molecule has 1 aromatic heterocycles. The molecule has 0 bridgehead atoms. The minimum atomic E-state index is -0.829. The zero-order valence-corrected chi connectivity index (χ0v) is 18.8. The van der Waals surface area contributed by atoms with E-state index in [9.17, 15) is 9.90 Å². The summed E-state index contributed by atoms with van der Waals surface area (Å²) in [6.07, 6.45) is 2.86. The lowest BCUT2D eigenvalue weighted by Crippen LogP contribution is -2.36. The molecule has 2 aromatic rings. The van der Waals surface area contributed by atoms with Crippen LogP contribution < -0.4 is 10.7 Å². The molecule has 1 aliphatic carbocycles. The van der Waals surface area contributed by atoms with Crippen LogP contribution in [-0.4, -0.2) is 49.4 Å². The Balaban J connectivity index is 1.81. The number of carboxylic acid groups (broad SMARTS) is 1. The normalized spacial score (nSPS) is 18.5. The summed E-state index contributed by atoms with van der Waals surface area (Å²) in [4.78, 5) is 16.7. The van der Waals surface area contributed by atoms with Gasteiger partial charge in [-0.3, -0.25) is 5.84 Å². The number of benzene rings is 1. The lowest BCUT2D eigenvalue weighted by molar-refractivity contribution is 0.0696. The predicted molar refractivity (Wildman–Crippen MR) is 121 cm³/mol. The largest absolute Gasteiger partial charge is 0.478 e. The van der Waals surface area contributed by atoms with Gasteiger partial charge in [-0.15, -0.1) is 11.3 Å². The van der Waals surface area contributed by atoms with E-state index >= 15 is 0 Å². The van der Waals surface area contributed by atoms with Crippen molar-refractivity contribution in [1.82, 2.24) is 5.01 Å². The Bertz CT molecular complexity index is 945. The number of nitrogens with zero attached hydrogens (tertiary/aromatic N) is 2. The lowest BCUT2D eigenvalue weighted by Gasteiger charge is -2.30. The number of rotatable bonds is 5. The van der Waals surface area contributed by atoms with Crippen molar-refractivity contribution in [3.63, 3.8) is 0 Å². The van der Waals surface area contributed by atoms with Gasteiger partial charge in [0.1, 0.15) is 0 Å². The Morgan fingerprint density at radius 2 is 2.07 bits per heavy atom. The molecular formula is C23H31N3O3S. The third-order valence-corrected chi connectivity index (χ3v) is 7.44. The summed E-state index contributed by atoms with van der Waals surface area (Å²) >= 11 is 1.65. The van der Waals surface area contributed by atoms with Crippen LogP contribution in [0.25, 0.3) is 10.4 Å². The number of aromatic carboxylic acids is 1. The van der Waals surface area contributed by atoms with Crippen LogP contribution in [0.4, 0.5) is 5.69 Å². The summed E-state index contributed by atoms with van der Waals surface area (Å²) in [6, 6.07) is 6.35. The van der Waals surface area contributed by atoms with Crippen molar-refractivity contribution in [3.05, 3.63) is 39.8 Å². The van der Waals surface area contributed by atoms with Crippen LogP contribution in [0.15, 0.2) is 18.2 Å². The van der Waals surface area contributed by atoms with Gasteiger partial charge in [-0.2, -0.15) is 0 Å². The number of thiophene rings is 1. The first kappa shape index (κ1) is 21.3. The number of hydrazine groups is 1. The van der Waals surface area contributed by atoms with Crippen molar-refractivity contribution >= 4 is 23.0 Å². The second-order valence-electron chi connectivity index (χ2n) is 9.21. The molecule has 7 heteroatoms. The molecule has 0 amide bonds. The molecule has 0 saturated carbocycles. The van der Waals surface area contributed by atoms with E-state index in [4.69, 9.17) is 10.6 Å². The number of nitrogens with two attached hydrogens (primary N) is 1. The number of fused-ring (bicyclic) bond motifs is 1. The minimum absolute atomic E-state index is 0.135. The maximum Gasteiger partial charge on any atom is 0.337 e. The van der Waals surface area contributed by atoms with E-state index in [2.05, 4.69) is 36.9 Å². The van der Waals surface area contributed by atoms with E-state index in [0.717, 1.165) is 72.8 Å². The van der Waals surface area contributed by atoms with Crippen molar-refractivity contribution in [2.75, 3.05) is 38.3 Å². The fourth-order valence-electron chi connectivity index (χ4n) is 4.56. The lowest BCUT2D eigenvalue weighted by atomic mass is 9.76. The van der Waals surface area contributed by atoms with Gasteiger partial charge in [0.05, 0.1) is 18.8 Å². The molecule has 162 valence electrons. The zero-order chi connectivity index (χ0) is 21.5. The number of ether oxygens (including phenoxy) is 1. The number of hydrogen-bond acceptors (Lipinski definition) is 6. The topological polar surface area (TPSA) is 79.0 Å². The smallest absolute Gasteiger partial charge is 0.337 e. The summed E-state index contributed by atoms with van der Waals surface area (Å²) in [7, 11) is 1.84. The maximum atomic E-state index is 12.3. The Kier molecular flexibility index (Phi) is 5.90. The van der Waals surface area contributed by atoms with Gasteiger partial charge in [-0.25, -0.2) is 9.80 Å². The van der Waals surface area contributed by atoms with E-state index in [1.165, 1.54) is 4.88 Å². The molecule has 3 N–H and O–H groups in total. The molecule has 4 rings (SSSR count). The molecule has 6 nitrogen and oxygen atoms in total. The average Bonchev–Trinajstić information content (AvgIpc) is 3.05. The van der Waals surface area contributed by atoms with Crippen LogP contribution in [0.3, 0.4) is 0 Å². The number of carboxylic acids is 1. The highest BCUT2D eigenvalue weighted by Gasteiger charge is 2.33. The molecular weight excluding hydrogens is 398 g/mol. The number of aryl methyl sites for hydroxylation is 1. The molecule has 1 aromatic carbocycles. The fraction of sp³-hybridized carbons (Fsp3) is 0.522. The van der Waals surface area contributed by atoms with E-state index in [-0.39, 0.29) is 5.41 Å². The van der Waals surface area contributed by atoms with E-state index in [1.807, 2.05) is 7.05 Å². The third kappa shape index (κ3) is 4.25. The van der Waals surface area contributed by atoms with Crippen LogP contribution >= 0.6 is 11.3 Å². The van der Waals surface area contributed by atoms with Crippen molar-refractivity contribution in [2.24, 2.45) is 11.3 Å². The maximum absolute atomic E-state index is 12.3. The van der Waals surface area contributed by atoms with Crippen molar-refractivity contribution in [2.45, 2.75) is 39.7 Å². The first-order valence-corrected chi connectivity index (χ1v) is 11.4. The molecule has 1 aliphatic heterocycles. The molecule has 2 heterocycles. The summed E-state index contributed by atoms with van der Waals surface area (Å²) < 4.78 is 5.48. The van der Waals surface area contributed by atoms with Gasteiger partial charge in [0.25, 0.3) is 0 Å². The molecule has 0 radical (unpaired) electrons. The van der Waals surface area contributed by atoms with Gasteiger partial charge in [-0.05, 0) is 53.5 Å². The van der Waals surface area contributed by atoms with Crippen LogP contribution in [0.1, 0.15) is 46.6 Å². The van der Waals surface area contributed by atoms with Crippen molar-refractivity contribution < 1.29 is 14.6 Å². The van der Waals surface area contributed by atoms with E-state index in [0.29, 0.717) is 12.1 Å². The molecule has 0 atom stereocenters. The van der Waals surface area contributed by atoms with E-state index in [1.54, 1.807) is 16.3 Å². The highest BCUT2D eigenvalue weighted by Crippen LogP contribution is 2.46. The highest BCUT2D eigenvalue weighted by atomic mass is 32.1. The number of hydrogen-bond donors (Lipinski definition) is 2. The van der Waals surface area contributed by atoms with Crippen LogP contribution in [0.5, 0.6) is 0 Å². The van der Waals surface area contributed by atoms with Gasteiger partial charge >= 0.3 is 5.97 Å². The van der Waals surface area contributed by atoms with Crippen molar-refractivity contribution in [3.8, 4) is 10.4 Å². The van der Waals surface area contributed by atoms with Crippen LogP contribution in [0, 0.1) is 5.41 Å². The van der Waals surface area contributed by atoms with Gasteiger partial charge in [0, 0.05) is 42.1 Å². The second-order valence-corrected chi connectivity index (χ2v) is 10.3. The van der Waals surface area contributed by atoms with Gasteiger partial charge in [0.2, 0.25) is 0 Å². The van der Waals surface area contributed by atoms with E-state index < -0.39 is 5.97 Å². The Labute approximate surface area is 182 Å². The summed E-state index contributed by atoms with van der Waals surface area (Å²) in [6.45, 7) is 8.19. The zero-order valence-electron chi connectivity index (χ0n) is 18.0. The molecule has 2 aliphatic rings. The summed E-state index contributed by atoms with van der Waals surface area (Å²) in [5.41, 5.74) is 4.84. The van der Waals surface area contributed by atoms with Crippen LogP contribution in [0.2, 0.25) is 0 Å². The fourth-order valence-corrected chi connectivity index (χ4v) is 5.92. The summed E-state index contributed by atoms with van der Waals surface area (Å²) in [5.74, 6) is 5.19. The summed E-state index contributed by atoms with van der Waals surface area (Å²) in [5, 5.41) is 11.8. The van der Waals surface area contributed by atoms with Gasteiger partial charge < -0.3 is 14.7 Å². The van der Waals surface area contributed by atoms with Gasteiger partial charge in [0.15, 0.2) is 0 Å². The molecule has 0 spiro atoms. The molecule has 0 unspecified atom stereocenters. The average molecular weight is 430 g/mol. The minimum Gasteiger partial charge on any atom is -0.478 e. The highest BCUT2D eigenvalue weighted by molar-refractivity contribution is 7.16. The standard InChI is InChI=1S/C23H31N3O3S/c1-23(2)7-6-19-18(13-23)20(22(27)28)21(30-19)17-5-4-16(12-15(17)14-25(3)24)26-8-10-29-11-9-26/h4-5,12H,6-11,13-14,24H2,1-3H3,(H,27,28). The Morgan fingerprint density at radius 1 is 1.33 bits per heavy atom.